The van der Waals surface area contributed by atoms with E-state index in [-0.39, 0.29) is 0 Å². The van der Waals surface area contributed by atoms with Gasteiger partial charge in [-0.15, -0.1) is 0 Å². The van der Waals surface area contributed by atoms with Gasteiger partial charge in [-0.1, -0.05) is 17.7 Å². The Hall–Kier alpha value is -1.74. The molecule has 0 bridgehead atoms. The summed E-state index contributed by atoms with van der Waals surface area (Å²) in [5.41, 5.74) is 0.895. The van der Waals surface area contributed by atoms with Crippen LogP contribution < -0.4 is 9.47 Å². The maximum absolute atomic E-state index is 6.07. The predicted octanol–water partition coefficient (Wildman–Crippen LogP) is 3.84. The SMILES string of the molecule is COc1ccc(Oc2cccc(C)n2)c(Cl)c1. The maximum atomic E-state index is 6.07. The van der Waals surface area contributed by atoms with E-state index in [1.807, 2.05) is 19.1 Å². The monoisotopic (exact) mass is 249 g/mol. The van der Waals surface area contributed by atoms with E-state index in [4.69, 9.17) is 21.1 Å². The smallest absolute Gasteiger partial charge is 0.219 e. The number of benzene rings is 1. The van der Waals surface area contributed by atoms with E-state index in [1.54, 1.807) is 31.4 Å². The molecule has 0 atom stereocenters. The number of hydrogen-bond acceptors (Lipinski definition) is 3. The number of nitrogens with zero attached hydrogens (tertiary/aromatic N) is 1. The van der Waals surface area contributed by atoms with Crippen LogP contribution in [0.15, 0.2) is 36.4 Å². The molecule has 1 heterocycles. The summed E-state index contributed by atoms with van der Waals surface area (Å²) in [6.07, 6.45) is 0. The Morgan fingerprint density at radius 1 is 1.18 bits per heavy atom. The molecule has 2 aromatic rings. The van der Waals surface area contributed by atoms with Crippen molar-refractivity contribution >= 4 is 11.6 Å². The van der Waals surface area contributed by atoms with Crippen molar-refractivity contribution < 1.29 is 9.47 Å². The van der Waals surface area contributed by atoms with Gasteiger partial charge in [0.15, 0.2) is 0 Å². The van der Waals surface area contributed by atoms with Crippen LogP contribution in [0.2, 0.25) is 5.02 Å². The Morgan fingerprint density at radius 3 is 2.65 bits per heavy atom. The van der Waals surface area contributed by atoms with Crippen LogP contribution in [0.4, 0.5) is 0 Å². The second kappa shape index (κ2) is 5.06. The Bertz CT molecular complexity index is 529. The van der Waals surface area contributed by atoms with Crippen molar-refractivity contribution in [2.75, 3.05) is 7.11 Å². The second-order valence-corrected chi connectivity index (χ2v) is 3.92. The van der Waals surface area contributed by atoms with E-state index in [0.717, 1.165) is 5.69 Å². The molecule has 17 heavy (non-hydrogen) atoms. The van der Waals surface area contributed by atoms with Gasteiger partial charge in [0, 0.05) is 17.8 Å². The zero-order valence-corrected chi connectivity index (χ0v) is 10.4. The van der Waals surface area contributed by atoms with E-state index in [9.17, 15) is 0 Å². The van der Waals surface area contributed by atoms with Gasteiger partial charge < -0.3 is 9.47 Å². The highest BCUT2D eigenvalue weighted by molar-refractivity contribution is 6.32. The molecule has 0 aliphatic heterocycles. The van der Waals surface area contributed by atoms with Gasteiger partial charge in [-0.2, -0.15) is 0 Å². The van der Waals surface area contributed by atoms with E-state index in [0.29, 0.717) is 22.4 Å². The van der Waals surface area contributed by atoms with Gasteiger partial charge in [-0.3, -0.25) is 0 Å². The molecule has 0 radical (unpaired) electrons. The van der Waals surface area contributed by atoms with Gasteiger partial charge in [-0.05, 0) is 25.1 Å². The van der Waals surface area contributed by atoms with Gasteiger partial charge in [0.1, 0.15) is 11.5 Å². The molecule has 0 fully saturated rings. The van der Waals surface area contributed by atoms with Crippen LogP contribution in [-0.4, -0.2) is 12.1 Å². The minimum absolute atomic E-state index is 0.493. The minimum Gasteiger partial charge on any atom is -0.497 e. The second-order valence-electron chi connectivity index (χ2n) is 3.52. The lowest BCUT2D eigenvalue weighted by Gasteiger charge is -2.08. The molecule has 3 nitrogen and oxygen atoms in total. The topological polar surface area (TPSA) is 31.4 Å². The minimum atomic E-state index is 0.493. The van der Waals surface area contributed by atoms with Crippen molar-refractivity contribution in [3.05, 3.63) is 47.1 Å². The first kappa shape index (κ1) is 11.7. The summed E-state index contributed by atoms with van der Waals surface area (Å²) >= 11 is 6.07. The Labute approximate surface area is 105 Å². The molecule has 4 heteroatoms. The molecule has 0 saturated carbocycles. The van der Waals surface area contributed by atoms with Gasteiger partial charge in [-0.25, -0.2) is 4.98 Å². The highest BCUT2D eigenvalue weighted by atomic mass is 35.5. The third kappa shape index (κ3) is 2.88. The normalized spacial score (nSPS) is 10.1. The van der Waals surface area contributed by atoms with Crippen molar-refractivity contribution in [1.29, 1.82) is 0 Å². The number of rotatable bonds is 3. The van der Waals surface area contributed by atoms with Gasteiger partial charge in [0.25, 0.3) is 0 Å². The lowest BCUT2D eigenvalue weighted by Crippen LogP contribution is -1.90. The molecule has 0 saturated heterocycles. The standard InChI is InChI=1S/C13H12ClNO2/c1-9-4-3-5-13(15-9)17-12-7-6-10(16-2)8-11(12)14/h3-8H,1-2H3. The first-order chi connectivity index (χ1) is 8.19. The fourth-order valence-electron chi connectivity index (χ4n) is 1.38. The molecule has 1 aromatic heterocycles. The lowest BCUT2D eigenvalue weighted by atomic mass is 10.3. The summed E-state index contributed by atoms with van der Waals surface area (Å²) in [7, 11) is 1.59. The van der Waals surface area contributed by atoms with Crippen LogP contribution in [0.3, 0.4) is 0 Å². The van der Waals surface area contributed by atoms with Crippen molar-refractivity contribution in [3.63, 3.8) is 0 Å². The number of aromatic nitrogens is 1. The number of hydrogen-bond donors (Lipinski definition) is 0. The molecule has 0 aliphatic carbocycles. The Morgan fingerprint density at radius 2 is 2.00 bits per heavy atom. The predicted molar refractivity (Wildman–Crippen MR) is 67.1 cm³/mol. The van der Waals surface area contributed by atoms with Gasteiger partial charge in [0.05, 0.1) is 12.1 Å². The molecule has 0 unspecified atom stereocenters. The zero-order valence-electron chi connectivity index (χ0n) is 9.61. The summed E-state index contributed by atoms with van der Waals surface area (Å²) in [6.45, 7) is 1.91. The highest BCUT2D eigenvalue weighted by Crippen LogP contribution is 2.31. The maximum Gasteiger partial charge on any atom is 0.219 e. The lowest BCUT2D eigenvalue weighted by molar-refractivity contribution is 0.412. The summed E-state index contributed by atoms with van der Waals surface area (Å²) in [6, 6.07) is 10.8. The number of aryl methyl sites for hydroxylation is 1. The number of ether oxygens (including phenoxy) is 2. The molecular weight excluding hydrogens is 238 g/mol. The highest BCUT2D eigenvalue weighted by Gasteiger charge is 2.05. The molecule has 0 aliphatic rings. The van der Waals surface area contributed by atoms with E-state index >= 15 is 0 Å². The van der Waals surface area contributed by atoms with Crippen LogP contribution in [-0.2, 0) is 0 Å². The number of methoxy groups -OCH3 is 1. The molecule has 88 valence electrons. The third-order valence-corrected chi connectivity index (χ3v) is 2.51. The third-order valence-electron chi connectivity index (χ3n) is 2.22. The molecule has 0 spiro atoms. The number of pyridine rings is 1. The van der Waals surface area contributed by atoms with E-state index in [1.165, 1.54) is 0 Å². The van der Waals surface area contributed by atoms with Crippen LogP contribution in [0.5, 0.6) is 17.4 Å². The Kier molecular flexibility index (Phi) is 3.49. The first-order valence-corrected chi connectivity index (χ1v) is 5.52. The van der Waals surface area contributed by atoms with Gasteiger partial charge in [0.2, 0.25) is 5.88 Å². The number of halogens is 1. The van der Waals surface area contributed by atoms with Crippen molar-refractivity contribution in [3.8, 4) is 17.4 Å². The van der Waals surface area contributed by atoms with Crippen LogP contribution in [0.25, 0.3) is 0 Å². The molecule has 1 aromatic carbocycles. The fraction of sp³-hybridized carbons (Fsp3) is 0.154. The molecule has 0 amide bonds. The zero-order chi connectivity index (χ0) is 12.3. The average Bonchev–Trinajstić information content (AvgIpc) is 2.32. The molecule has 0 N–H and O–H groups in total. The van der Waals surface area contributed by atoms with Crippen LogP contribution in [0, 0.1) is 6.92 Å². The fourth-order valence-corrected chi connectivity index (χ4v) is 1.59. The summed E-state index contributed by atoms with van der Waals surface area (Å²) in [5.74, 6) is 1.78. The van der Waals surface area contributed by atoms with Crippen LogP contribution in [0.1, 0.15) is 5.69 Å². The van der Waals surface area contributed by atoms with Crippen molar-refractivity contribution in [1.82, 2.24) is 4.98 Å². The van der Waals surface area contributed by atoms with Gasteiger partial charge >= 0.3 is 0 Å². The van der Waals surface area contributed by atoms with Crippen LogP contribution >= 0.6 is 11.6 Å². The van der Waals surface area contributed by atoms with Crippen molar-refractivity contribution in [2.45, 2.75) is 6.92 Å². The Balaban J connectivity index is 2.24. The first-order valence-electron chi connectivity index (χ1n) is 5.14. The largest absolute Gasteiger partial charge is 0.497 e. The summed E-state index contributed by atoms with van der Waals surface area (Å²) in [5, 5.41) is 0.493. The average molecular weight is 250 g/mol. The van der Waals surface area contributed by atoms with E-state index in [2.05, 4.69) is 4.98 Å². The summed E-state index contributed by atoms with van der Waals surface area (Å²) in [4.78, 5) is 4.24. The summed E-state index contributed by atoms with van der Waals surface area (Å²) < 4.78 is 10.7. The quantitative estimate of drug-likeness (QED) is 0.828. The van der Waals surface area contributed by atoms with Crippen molar-refractivity contribution in [2.24, 2.45) is 0 Å². The van der Waals surface area contributed by atoms with E-state index < -0.39 is 0 Å². The molecule has 2 rings (SSSR count). The molecular formula is C13H12ClNO2.